The van der Waals surface area contributed by atoms with Crippen LogP contribution in [0.15, 0.2) is 18.2 Å². The molecule has 0 aliphatic carbocycles. The molecule has 0 aromatic heterocycles. The summed E-state index contributed by atoms with van der Waals surface area (Å²) in [5.41, 5.74) is 0.488. The van der Waals surface area contributed by atoms with Gasteiger partial charge in [-0.25, -0.2) is 0 Å². The number of carbonyl (C=O) groups is 1. The van der Waals surface area contributed by atoms with E-state index in [0.29, 0.717) is 12.1 Å². The van der Waals surface area contributed by atoms with E-state index in [4.69, 9.17) is 0 Å². The molecule has 2 N–H and O–H groups in total. The SMILES string of the molecule is CCN(C)CCNC(=O)c1ccc(I)c(O)c1. The molecule has 0 unspecified atom stereocenters. The Balaban J connectivity index is 2.50. The molecule has 0 atom stereocenters. The second-order valence-electron chi connectivity index (χ2n) is 3.82. The highest BCUT2D eigenvalue weighted by molar-refractivity contribution is 14.1. The summed E-state index contributed by atoms with van der Waals surface area (Å²) in [6.45, 7) is 4.45. The van der Waals surface area contributed by atoms with Gasteiger partial charge in [0, 0.05) is 18.7 Å². The highest BCUT2D eigenvalue weighted by Gasteiger charge is 2.07. The van der Waals surface area contributed by atoms with Crippen LogP contribution in [0.3, 0.4) is 0 Å². The van der Waals surface area contributed by atoms with E-state index in [1.807, 2.05) is 29.6 Å². The summed E-state index contributed by atoms with van der Waals surface area (Å²) in [6, 6.07) is 4.92. The first-order valence-electron chi connectivity index (χ1n) is 5.50. The number of nitrogens with zero attached hydrogens (tertiary/aromatic N) is 1. The molecule has 94 valence electrons. The van der Waals surface area contributed by atoms with E-state index in [9.17, 15) is 9.90 Å². The van der Waals surface area contributed by atoms with Crippen molar-refractivity contribution in [2.75, 3.05) is 26.7 Å². The molecule has 4 nitrogen and oxygen atoms in total. The molecular formula is C12H17IN2O2. The zero-order valence-electron chi connectivity index (χ0n) is 10.0. The lowest BCUT2D eigenvalue weighted by Gasteiger charge is -2.14. The summed E-state index contributed by atoms with van der Waals surface area (Å²) in [5.74, 6) is -0.00914. The molecule has 0 bridgehead atoms. The maximum absolute atomic E-state index is 11.7. The number of benzene rings is 1. The van der Waals surface area contributed by atoms with Gasteiger partial charge in [0.05, 0.1) is 3.57 Å². The molecule has 0 radical (unpaired) electrons. The number of likely N-dealkylation sites (N-methyl/N-ethyl adjacent to an activating group) is 1. The van der Waals surface area contributed by atoms with Crippen LogP contribution in [0.5, 0.6) is 5.75 Å². The molecular weight excluding hydrogens is 331 g/mol. The lowest BCUT2D eigenvalue weighted by molar-refractivity contribution is 0.0949. The Morgan fingerprint density at radius 3 is 2.82 bits per heavy atom. The van der Waals surface area contributed by atoms with E-state index in [0.717, 1.165) is 16.7 Å². The fourth-order valence-electron chi connectivity index (χ4n) is 1.27. The molecule has 0 aliphatic heterocycles. The zero-order valence-corrected chi connectivity index (χ0v) is 12.2. The third kappa shape index (κ3) is 4.51. The number of amides is 1. The zero-order chi connectivity index (χ0) is 12.8. The molecule has 0 saturated carbocycles. The molecule has 5 heteroatoms. The van der Waals surface area contributed by atoms with Gasteiger partial charge >= 0.3 is 0 Å². The predicted molar refractivity (Wildman–Crippen MR) is 76.3 cm³/mol. The summed E-state index contributed by atoms with van der Waals surface area (Å²) in [6.07, 6.45) is 0. The van der Waals surface area contributed by atoms with Crippen molar-refractivity contribution in [3.63, 3.8) is 0 Å². The van der Waals surface area contributed by atoms with Crippen LogP contribution < -0.4 is 5.32 Å². The first-order valence-corrected chi connectivity index (χ1v) is 6.57. The van der Waals surface area contributed by atoms with Crippen molar-refractivity contribution >= 4 is 28.5 Å². The van der Waals surface area contributed by atoms with Gasteiger partial charge in [0.15, 0.2) is 0 Å². The standard InChI is InChI=1S/C12H17IN2O2/c1-3-15(2)7-6-14-12(17)9-4-5-10(13)11(16)8-9/h4-5,8,16H,3,6-7H2,1-2H3,(H,14,17). The van der Waals surface area contributed by atoms with E-state index in [2.05, 4.69) is 17.1 Å². The van der Waals surface area contributed by atoms with Crippen molar-refractivity contribution in [1.29, 1.82) is 0 Å². The van der Waals surface area contributed by atoms with Gasteiger partial charge in [0.1, 0.15) is 5.75 Å². The van der Waals surface area contributed by atoms with E-state index >= 15 is 0 Å². The highest BCUT2D eigenvalue weighted by Crippen LogP contribution is 2.20. The number of rotatable bonds is 5. The molecule has 0 heterocycles. The minimum atomic E-state index is -0.152. The number of aromatic hydroxyl groups is 1. The summed E-state index contributed by atoms with van der Waals surface area (Å²) in [5, 5.41) is 12.3. The molecule has 1 aromatic rings. The Labute approximate surface area is 115 Å². The van der Waals surface area contributed by atoms with Gasteiger partial charge in [-0.1, -0.05) is 6.92 Å². The summed E-state index contributed by atoms with van der Waals surface area (Å²) < 4.78 is 0.741. The van der Waals surface area contributed by atoms with Crippen molar-refractivity contribution in [2.24, 2.45) is 0 Å². The third-order valence-corrected chi connectivity index (χ3v) is 3.44. The summed E-state index contributed by atoms with van der Waals surface area (Å²) in [4.78, 5) is 13.9. The Bertz CT molecular complexity index is 396. The number of nitrogens with one attached hydrogen (secondary N) is 1. The Morgan fingerprint density at radius 1 is 1.53 bits per heavy atom. The number of phenols is 1. The van der Waals surface area contributed by atoms with Crippen LogP contribution >= 0.6 is 22.6 Å². The maximum Gasteiger partial charge on any atom is 0.251 e. The Morgan fingerprint density at radius 2 is 2.24 bits per heavy atom. The average molecular weight is 348 g/mol. The fourth-order valence-corrected chi connectivity index (χ4v) is 1.61. The van der Waals surface area contributed by atoms with Gasteiger partial charge in [0.2, 0.25) is 0 Å². The van der Waals surface area contributed by atoms with E-state index < -0.39 is 0 Å². The predicted octanol–water partition coefficient (Wildman–Crippen LogP) is 1.68. The molecule has 1 aromatic carbocycles. The second kappa shape index (κ2) is 6.80. The average Bonchev–Trinajstić information content (AvgIpc) is 2.32. The maximum atomic E-state index is 11.7. The Hall–Kier alpha value is -0.820. The van der Waals surface area contributed by atoms with Crippen LogP contribution in [0.2, 0.25) is 0 Å². The second-order valence-corrected chi connectivity index (χ2v) is 4.98. The normalized spacial score (nSPS) is 10.6. The first kappa shape index (κ1) is 14.2. The fraction of sp³-hybridized carbons (Fsp3) is 0.417. The quantitative estimate of drug-likeness (QED) is 0.797. The number of hydrogen-bond donors (Lipinski definition) is 2. The van der Waals surface area contributed by atoms with Crippen LogP contribution in [-0.2, 0) is 0 Å². The number of phenolic OH excluding ortho intramolecular Hbond substituents is 1. The van der Waals surface area contributed by atoms with Crippen LogP contribution in [0.1, 0.15) is 17.3 Å². The van der Waals surface area contributed by atoms with Gasteiger partial charge < -0.3 is 15.3 Å². The largest absolute Gasteiger partial charge is 0.507 e. The number of carbonyl (C=O) groups excluding carboxylic acids is 1. The monoisotopic (exact) mass is 348 g/mol. The van der Waals surface area contributed by atoms with Crippen molar-refractivity contribution < 1.29 is 9.90 Å². The highest BCUT2D eigenvalue weighted by atomic mass is 127. The van der Waals surface area contributed by atoms with Gasteiger partial charge in [0.25, 0.3) is 5.91 Å². The molecule has 1 rings (SSSR count). The number of hydrogen-bond acceptors (Lipinski definition) is 3. The van der Waals surface area contributed by atoms with Crippen LogP contribution in [-0.4, -0.2) is 42.6 Å². The topological polar surface area (TPSA) is 52.6 Å². The molecule has 0 saturated heterocycles. The van der Waals surface area contributed by atoms with Crippen LogP contribution in [0.4, 0.5) is 0 Å². The lowest BCUT2D eigenvalue weighted by Crippen LogP contribution is -2.32. The van der Waals surface area contributed by atoms with Gasteiger partial charge in [-0.15, -0.1) is 0 Å². The van der Waals surface area contributed by atoms with Crippen molar-refractivity contribution in [3.05, 3.63) is 27.3 Å². The summed E-state index contributed by atoms with van der Waals surface area (Å²) >= 11 is 2.02. The van der Waals surface area contributed by atoms with Crippen molar-refractivity contribution in [1.82, 2.24) is 10.2 Å². The van der Waals surface area contributed by atoms with Gasteiger partial charge in [-0.2, -0.15) is 0 Å². The van der Waals surface area contributed by atoms with Crippen LogP contribution in [0.25, 0.3) is 0 Å². The first-order chi connectivity index (χ1) is 8.04. The van der Waals surface area contributed by atoms with Gasteiger partial charge in [-0.3, -0.25) is 4.79 Å². The third-order valence-electron chi connectivity index (χ3n) is 2.53. The minimum absolute atomic E-state index is 0.143. The van der Waals surface area contributed by atoms with Gasteiger partial charge in [-0.05, 0) is 54.4 Å². The van der Waals surface area contributed by atoms with Crippen molar-refractivity contribution in [2.45, 2.75) is 6.92 Å². The molecule has 0 spiro atoms. The molecule has 17 heavy (non-hydrogen) atoms. The minimum Gasteiger partial charge on any atom is -0.507 e. The smallest absolute Gasteiger partial charge is 0.251 e. The molecule has 1 amide bonds. The van der Waals surface area contributed by atoms with Crippen molar-refractivity contribution in [3.8, 4) is 5.75 Å². The van der Waals surface area contributed by atoms with Crippen LogP contribution in [0, 0.1) is 3.57 Å². The molecule has 0 aliphatic rings. The summed E-state index contributed by atoms with van der Waals surface area (Å²) in [7, 11) is 2.00. The van der Waals surface area contributed by atoms with E-state index in [1.165, 1.54) is 6.07 Å². The van der Waals surface area contributed by atoms with E-state index in [-0.39, 0.29) is 11.7 Å². The molecule has 0 fully saturated rings. The Kier molecular flexibility index (Phi) is 5.70. The van der Waals surface area contributed by atoms with E-state index in [1.54, 1.807) is 12.1 Å². The number of halogens is 1. The lowest BCUT2D eigenvalue weighted by atomic mass is 10.2.